The van der Waals surface area contributed by atoms with Crippen LogP contribution in [0.4, 0.5) is 0 Å². The zero-order valence-corrected chi connectivity index (χ0v) is 8.85. The summed E-state index contributed by atoms with van der Waals surface area (Å²) in [5, 5.41) is 8.46. The Morgan fingerprint density at radius 2 is 1.55 bits per heavy atom. The molecule has 0 saturated heterocycles. The molecule has 72 valence electrons. The lowest BCUT2D eigenvalue weighted by molar-refractivity contribution is -0.0846. The van der Waals surface area contributed by atoms with Gasteiger partial charge in [-0.15, -0.1) is 0 Å². The number of aliphatic hydroxyl groups excluding tert-OH is 1. The Kier molecular flexibility index (Phi) is 35.1. The third-order valence-corrected chi connectivity index (χ3v) is 0.563. The quantitative estimate of drug-likeness (QED) is 0.650. The SMILES string of the molecule is CC.CC.CCCOC(C)O. The summed E-state index contributed by atoms with van der Waals surface area (Å²) in [6, 6.07) is 0. The van der Waals surface area contributed by atoms with Gasteiger partial charge < -0.3 is 9.84 Å². The van der Waals surface area contributed by atoms with E-state index in [0.29, 0.717) is 6.61 Å². The van der Waals surface area contributed by atoms with E-state index in [9.17, 15) is 0 Å². The van der Waals surface area contributed by atoms with Crippen LogP contribution in [0.1, 0.15) is 48.0 Å². The van der Waals surface area contributed by atoms with E-state index < -0.39 is 6.29 Å². The highest BCUT2D eigenvalue weighted by Gasteiger charge is 1.88. The van der Waals surface area contributed by atoms with Gasteiger partial charge in [-0.3, -0.25) is 0 Å². The second-order valence-corrected chi connectivity index (χ2v) is 1.47. The number of hydrogen-bond acceptors (Lipinski definition) is 2. The van der Waals surface area contributed by atoms with Gasteiger partial charge in [0.2, 0.25) is 0 Å². The van der Waals surface area contributed by atoms with Crippen molar-refractivity contribution in [1.29, 1.82) is 0 Å². The van der Waals surface area contributed by atoms with Gasteiger partial charge in [0.1, 0.15) is 0 Å². The van der Waals surface area contributed by atoms with Crippen LogP contribution in [0.2, 0.25) is 0 Å². The highest BCUT2D eigenvalue weighted by Crippen LogP contribution is 1.84. The third kappa shape index (κ3) is 40.5. The molecule has 0 saturated carbocycles. The summed E-state index contributed by atoms with van der Waals surface area (Å²) in [7, 11) is 0. The molecular weight excluding hydrogens is 140 g/mol. The van der Waals surface area contributed by atoms with Crippen molar-refractivity contribution in [2.45, 2.75) is 54.3 Å². The molecule has 0 aromatic rings. The molecule has 0 aliphatic heterocycles. The topological polar surface area (TPSA) is 29.5 Å². The average Bonchev–Trinajstić information content (AvgIpc) is 2.08. The number of rotatable bonds is 3. The highest BCUT2D eigenvalue weighted by atomic mass is 16.6. The molecule has 0 aromatic carbocycles. The minimum absolute atomic E-state index is 0.597. The van der Waals surface area contributed by atoms with Gasteiger partial charge in [-0.25, -0.2) is 0 Å². The van der Waals surface area contributed by atoms with Crippen molar-refractivity contribution in [3.05, 3.63) is 0 Å². The fourth-order valence-electron chi connectivity index (χ4n) is 0.288. The molecule has 0 aromatic heterocycles. The predicted octanol–water partition coefficient (Wildman–Crippen LogP) is 2.80. The first kappa shape index (κ1) is 17.1. The van der Waals surface area contributed by atoms with Crippen molar-refractivity contribution in [3.63, 3.8) is 0 Å². The summed E-state index contributed by atoms with van der Waals surface area (Å²) in [6.45, 7) is 12.3. The Balaban J connectivity index is -0.000000138. The molecule has 1 unspecified atom stereocenters. The van der Waals surface area contributed by atoms with Gasteiger partial charge in [-0.05, 0) is 13.3 Å². The van der Waals surface area contributed by atoms with Crippen LogP contribution < -0.4 is 0 Å². The number of aliphatic hydroxyl groups is 1. The third-order valence-electron chi connectivity index (χ3n) is 0.563. The Morgan fingerprint density at radius 3 is 1.64 bits per heavy atom. The minimum atomic E-state index is -0.597. The summed E-state index contributed by atoms with van der Waals surface area (Å²) in [4.78, 5) is 0. The lowest BCUT2D eigenvalue weighted by atomic mass is 10.5. The Bertz CT molecular complexity index is 36.5. The van der Waals surface area contributed by atoms with Gasteiger partial charge in [0.05, 0.1) is 0 Å². The van der Waals surface area contributed by atoms with E-state index in [4.69, 9.17) is 9.84 Å². The Labute approximate surface area is 71.6 Å². The summed E-state index contributed by atoms with van der Waals surface area (Å²) in [6.07, 6.45) is 0.366. The fourth-order valence-corrected chi connectivity index (χ4v) is 0.288. The molecular formula is C9H24O2. The first-order chi connectivity index (χ1) is 5.27. The summed E-state index contributed by atoms with van der Waals surface area (Å²) >= 11 is 0. The molecule has 0 spiro atoms. The van der Waals surface area contributed by atoms with E-state index in [-0.39, 0.29) is 0 Å². The standard InChI is InChI=1S/C5H12O2.2C2H6/c1-3-4-7-5(2)6;2*1-2/h5-6H,3-4H2,1-2H3;2*1-2H3. The Hall–Kier alpha value is -0.0800. The van der Waals surface area contributed by atoms with Crippen LogP contribution in [0.5, 0.6) is 0 Å². The maximum atomic E-state index is 8.46. The van der Waals surface area contributed by atoms with Gasteiger partial charge in [-0.2, -0.15) is 0 Å². The van der Waals surface area contributed by atoms with Crippen LogP contribution in [-0.4, -0.2) is 18.0 Å². The molecule has 2 nitrogen and oxygen atoms in total. The van der Waals surface area contributed by atoms with Gasteiger partial charge in [0.25, 0.3) is 0 Å². The van der Waals surface area contributed by atoms with Gasteiger partial charge in [0.15, 0.2) is 6.29 Å². The lowest BCUT2D eigenvalue weighted by Crippen LogP contribution is -2.05. The van der Waals surface area contributed by atoms with E-state index in [1.807, 2.05) is 34.6 Å². The maximum Gasteiger partial charge on any atom is 0.151 e. The molecule has 0 rings (SSSR count). The van der Waals surface area contributed by atoms with E-state index in [1.54, 1.807) is 6.92 Å². The smallest absolute Gasteiger partial charge is 0.151 e. The summed E-state index contributed by atoms with van der Waals surface area (Å²) < 4.78 is 4.75. The normalized spacial score (nSPS) is 10.1. The van der Waals surface area contributed by atoms with Gasteiger partial charge >= 0.3 is 0 Å². The second kappa shape index (κ2) is 22.5. The largest absolute Gasteiger partial charge is 0.368 e. The molecule has 0 fully saturated rings. The van der Waals surface area contributed by atoms with E-state index >= 15 is 0 Å². The van der Waals surface area contributed by atoms with Crippen LogP contribution in [0, 0.1) is 0 Å². The summed E-state index contributed by atoms with van der Waals surface area (Å²) in [5.74, 6) is 0. The van der Waals surface area contributed by atoms with Crippen LogP contribution >= 0.6 is 0 Å². The monoisotopic (exact) mass is 164 g/mol. The van der Waals surface area contributed by atoms with Crippen molar-refractivity contribution in [2.24, 2.45) is 0 Å². The molecule has 1 atom stereocenters. The molecule has 2 heteroatoms. The van der Waals surface area contributed by atoms with Crippen molar-refractivity contribution >= 4 is 0 Å². The maximum absolute atomic E-state index is 8.46. The average molecular weight is 164 g/mol. The van der Waals surface area contributed by atoms with Crippen LogP contribution in [0.15, 0.2) is 0 Å². The highest BCUT2D eigenvalue weighted by molar-refractivity contribution is 4.24. The lowest BCUT2D eigenvalue weighted by Gasteiger charge is -2.02. The zero-order valence-electron chi connectivity index (χ0n) is 8.85. The first-order valence-corrected chi connectivity index (χ1v) is 4.57. The molecule has 0 radical (unpaired) electrons. The minimum Gasteiger partial charge on any atom is -0.368 e. The van der Waals surface area contributed by atoms with Crippen molar-refractivity contribution in [1.82, 2.24) is 0 Å². The number of ether oxygens (including phenoxy) is 1. The molecule has 0 heterocycles. The van der Waals surface area contributed by atoms with Gasteiger partial charge in [0, 0.05) is 6.61 Å². The Morgan fingerprint density at radius 1 is 1.18 bits per heavy atom. The zero-order chi connectivity index (χ0) is 9.70. The first-order valence-electron chi connectivity index (χ1n) is 4.57. The molecule has 0 amide bonds. The molecule has 0 bridgehead atoms. The molecule has 0 aliphatic carbocycles. The molecule has 11 heavy (non-hydrogen) atoms. The number of hydrogen-bond donors (Lipinski definition) is 1. The molecule has 0 aliphatic rings. The van der Waals surface area contributed by atoms with Crippen molar-refractivity contribution in [3.8, 4) is 0 Å². The van der Waals surface area contributed by atoms with Crippen molar-refractivity contribution < 1.29 is 9.84 Å². The van der Waals surface area contributed by atoms with Crippen LogP contribution in [0.25, 0.3) is 0 Å². The summed E-state index contributed by atoms with van der Waals surface area (Å²) in [5.41, 5.74) is 0. The second-order valence-electron chi connectivity index (χ2n) is 1.47. The fraction of sp³-hybridized carbons (Fsp3) is 1.00. The van der Waals surface area contributed by atoms with Crippen LogP contribution in [-0.2, 0) is 4.74 Å². The predicted molar refractivity (Wildman–Crippen MR) is 50.6 cm³/mol. The van der Waals surface area contributed by atoms with Crippen molar-refractivity contribution in [2.75, 3.05) is 6.61 Å². The van der Waals surface area contributed by atoms with Gasteiger partial charge in [-0.1, -0.05) is 34.6 Å². The van der Waals surface area contributed by atoms with Crippen LogP contribution in [0.3, 0.4) is 0 Å². The van der Waals surface area contributed by atoms with E-state index in [2.05, 4.69) is 0 Å². The molecule has 1 N–H and O–H groups in total. The van der Waals surface area contributed by atoms with E-state index in [0.717, 1.165) is 6.42 Å². The van der Waals surface area contributed by atoms with E-state index in [1.165, 1.54) is 0 Å².